The lowest BCUT2D eigenvalue weighted by Crippen LogP contribution is -2.51. The van der Waals surface area contributed by atoms with Crippen LogP contribution in [-0.4, -0.2) is 69.0 Å². The third-order valence-electron chi connectivity index (χ3n) is 3.76. The minimum absolute atomic E-state index is 0.232. The van der Waals surface area contributed by atoms with Gasteiger partial charge in [0, 0.05) is 32.4 Å². The second-order valence-electron chi connectivity index (χ2n) is 7.05. The highest BCUT2D eigenvalue weighted by Gasteiger charge is 2.29. The molecule has 1 aliphatic heterocycles. The Hall–Kier alpha value is -1.44. The maximum Gasteiger partial charge on any atom is 0.216 e. The quantitative estimate of drug-likeness (QED) is 0.444. The molecule has 0 saturated carbocycles. The number of sulfonamides is 1. The van der Waals surface area contributed by atoms with Gasteiger partial charge in [0.1, 0.15) is 19.9 Å². The molecule has 9 heteroatoms. The Morgan fingerprint density at radius 3 is 2.48 bits per heavy atom. The first-order chi connectivity index (χ1) is 11.7. The van der Waals surface area contributed by atoms with E-state index >= 15 is 0 Å². The van der Waals surface area contributed by atoms with Crippen molar-refractivity contribution in [3.05, 3.63) is 24.4 Å². The molecule has 138 valence electrons. The van der Waals surface area contributed by atoms with E-state index in [0.29, 0.717) is 26.2 Å². The maximum atomic E-state index is 12.6. The van der Waals surface area contributed by atoms with E-state index in [-0.39, 0.29) is 5.75 Å². The van der Waals surface area contributed by atoms with Gasteiger partial charge in [-0.1, -0.05) is 31.6 Å². The van der Waals surface area contributed by atoms with Crippen molar-refractivity contribution >= 4 is 23.9 Å². The van der Waals surface area contributed by atoms with E-state index in [0.717, 1.165) is 5.82 Å². The Bertz CT molecular complexity index is 717. The van der Waals surface area contributed by atoms with Gasteiger partial charge in [-0.3, -0.25) is 0 Å². The van der Waals surface area contributed by atoms with Crippen molar-refractivity contribution in [3.8, 4) is 11.5 Å². The normalized spacial score (nSPS) is 17.7. The molecule has 0 aliphatic carbocycles. The summed E-state index contributed by atoms with van der Waals surface area (Å²) in [7, 11) is -5.12. The lowest BCUT2D eigenvalue weighted by molar-refractivity contribution is 0.153. The third kappa shape index (κ3) is 6.09. The first-order valence-electron chi connectivity index (χ1n) is 8.27. The molecule has 1 aliphatic rings. The SMILES string of the molecule is C[Si](C)(C)C#CC(CS(=O)(=O)N1CCN(c2ccccn2)CC1)NO. The zero-order valence-electron chi connectivity index (χ0n) is 14.9. The number of hydroxylamine groups is 1. The molecule has 1 aromatic heterocycles. The number of pyridine rings is 1. The van der Waals surface area contributed by atoms with E-state index in [9.17, 15) is 13.6 Å². The predicted octanol–water partition coefficient (Wildman–Crippen LogP) is 0.762. The Balaban J connectivity index is 1.97. The number of hydrogen-bond donors (Lipinski definition) is 2. The summed E-state index contributed by atoms with van der Waals surface area (Å²) in [5.41, 5.74) is 5.12. The molecule has 1 unspecified atom stereocenters. The van der Waals surface area contributed by atoms with Crippen molar-refractivity contribution in [2.75, 3.05) is 36.8 Å². The Kier molecular flexibility index (Phi) is 6.59. The van der Waals surface area contributed by atoms with Crippen LogP contribution in [0.5, 0.6) is 0 Å². The first-order valence-corrected chi connectivity index (χ1v) is 13.4. The van der Waals surface area contributed by atoms with E-state index in [1.807, 2.05) is 23.7 Å². The van der Waals surface area contributed by atoms with Crippen LogP contribution in [0.15, 0.2) is 24.4 Å². The number of aromatic nitrogens is 1. The Morgan fingerprint density at radius 1 is 1.28 bits per heavy atom. The minimum atomic E-state index is -3.49. The van der Waals surface area contributed by atoms with Crippen molar-refractivity contribution in [2.45, 2.75) is 25.7 Å². The summed E-state index contributed by atoms with van der Waals surface area (Å²) in [6, 6.07) is 4.92. The summed E-state index contributed by atoms with van der Waals surface area (Å²) in [5, 5.41) is 9.24. The van der Waals surface area contributed by atoms with Gasteiger partial charge in [-0.05, 0) is 12.1 Å². The van der Waals surface area contributed by atoms with Gasteiger partial charge in [0.15, 0.2) is 0 Å². The van der Waals surface area contributed by atoms with E-state index in [1.54, 1.807) is 6.20 Å². The van der Waals surface area contributed by atoms with Crippen LogP contribution in [0, 0.1) is 11.5 Å². The molecule has 2 N–H and O–H groups in total. The second-order valence-corrected chi connectivity index (χ2v) is 13.8. The summed E-state index contributed by atoms with van der Waals surface area (Å²) in [4.78, 5) is 6.37. The number of hydrogen-bond acceptors (Lipinski definition) is 6. The molecule has 0 amide bonds. The molecular formula is C16H26N4O3SSi. The molecule has 1 fully saturated rings. The fraction of sp³-hybridized carbons (Fsp3) is 0.562. The van der Waals surface area contributed by atoms with Crippen molar-refractivity contribution < 1.29 is 13.6 Å². The first kappa shape index (κ1) is 19.9. The number of anilines is 1. The van der Waals surface area contributed by atoms with Crippen LogP contribution in [0.4, 0.5) is 5.82 Å². The summed E-state index contributed by atoms with van der Waals surface area (Å²) in [6.45, 7) is 8.19. The van der Waals surface area contributed by atoms with E-state index in [1.165, 1.54) is 4.31 Å². The van der Waals surface area contributed by atoms with Crippen LogP contribution < -0.4 is 10.4 Å². The highest BCUT2D eigenvalue weighted by molar-refractivity contribution is 7.89. The zero-order chi connectivity index (χ0) is 18.5. The van der Waals surface area contributed by atoms with Crippen molar-refractivity contribution in [1.82, 2.24) is 14.8 Å². The molecule has 0 aromatic carbocycles. The molecule has 2 heterocycles. The molecule has 0 bridgehead atoms. The molecule has 0 radical (unpaired) electrons. The molecular weight excluding hydrogens is 356 g/mol. The van der Waals surface area contributed by atoms with Crippen LogP contribution in [-0.2, 0) is 10.0 Å². The molecule has 1 atom stereocenters. The van der Waals surface area contributed by atoms with Crippen LogP contribution in [0.3, 0.4) is 0 Å². The zero-order valence-corrected chi connectivity index (χ0v) is 16.8. The smallest absolute Gasteiger partial charge is 0.216 e. The summed E-state index contributed by atoms with van der Waals surface area (Å²) < 4.78 is 26.7. The van der Waals surface area contributed by atoms with E-state index < -0.39 is 24.1 Å². The standard InChI is InChI=1S/C16H26N4O3SSi/c1-25(2,3)13-7-15(18-21)14-24(22,23)20-11-9-19(10-12-20)16-6-4-5-8-17-16/h4-6,8,15,18,21H,9-12,14H2,1-3H3. The van der Waals surface area contributed by atoms with E-state index in [4.69, 9.17) is 0 Å². The summed E-state index contributed by atoms with van der Waals surface area (Å²) in [5.74, 6) is 3.49. The number of nitrogens with zero attached hydrogens (tertiary/aromatic N) is 3. The van der Waals surface area contributed by atoms with Gasteiger partial charge >= 0.3 is 0 Å². The highest BCUT2D eigenvalue weighted by Crippen LogP contribution is 2.15. The van der Waals surface area contributed by atoms with Gasteiger partial charge < -0.3 is 10.1 Å². The Labute approximate surface area is 151 Å². The monoisotopic (exact) mass is 382 g/mol. The Morgan fingerprint density at radius 2 is 1.96 bits per heavy atom. The lowest BCUT2D eigenvalue weighted by Gasteiger charge is -2.35. The molecule has 25 heavy (non-hydrogen) atoms. The highest BCUT2D eigenvalue weighted by atomic mass is 32.2. The average Bonchev–Trinajstić information content (AvgIpc) is 2.58. The number of rotatable bonds is 5. The van der Waals surface area contributed by atoms with Crippen molar-refractivity contribution in [1.29, 1.82) is 0 Å². The molecule has 7 nitrogen and oxygen atoms in total. The second kappa shape index (κ2) is 8.29. The summed E-state index contributed by atoms with van der Waals surface area (Å²) >= 11 is 0. The third-order valence-corrected chi connectivity index (χ3v) is 6.56. The van der Waals surface area contributed by atoms with Crippen LogP contribution in [0.2, 0.25) is 19.6 Å². The maximum absolute atomic E-state index is 12.6. The molecule has 2 rings (SSSR count). The molecule has 1 saturated heterocycles. The van der Waals surface area contributed by atoms with E-state index in [2.05, 4.69) is 41.0 Å². The van der Waals surface area contributed by atoms with Crippen molar-refractivity contribution in [2.24, 2.45) is 0 Å². The van der Waals surface area contributed by atoms with Gasteiger partial charge in [0.25, 0.3) is 0 Å². The summed E-state index contributed by atoms with van der Waals surface area (Å²) in [6.07, 6.45) is 1.73. The lowest BCUT2D eigenvalue weighted by atomic mass is 10.3. The largest absolute Gasteiger partial charge is 0.354 e. The van der Waals surface area contributed by atoms with Gasteiger partial charge in [0.2, 0.25) is 10.0 Å². The fourth-order valence-electron chi connectivity index (χ4n) is 2.47. The molecule has 0 spiro atoms. The van der Waals surface area contributed by atoms with Gasteiger partial charge in [-0.2, -0.15) is 9.79 Å². The fourth-order valence-corrected chi connectivity index (χ4v) is 4.58. The predicted molar refractivity (Wildman–Crippen MR) is 102 cm³/mol. The van der Waals surface area contributed by atoms with Crippen LogP contribution in [0.25, 0.3) is 0 Å². The van der Waals surface area contributed by atoms with Gasteiger partial charge in [-0.25, -0.2) is 13.4 Å². The van der Waals surface area contributed by atoms with Crippen molar-refractivity contribution in [3.63, 3.8) is 0 Å². The molecule has 1 aromatic rings. The number of nitrogens with one attached hydrogen (secondary N) is 1. The minimum Gasteiger partial charge on any atom is -0.354 e. The van der Waals surface area contributed by atoms with Gasteiger partial charge in [-0.15, -0.1) is 5.54 Å². The van der Waals surface area contributed by atoms with Crippen LogP contribution in [0.1, 0.15) is 0 Å². The number of piperazine rings is 1. The van der Waals surface area contributed by atoms with Crippen LogP contribution >= 0.6 is 0 Å². The topological polar surface area (TPSA) is 85.8 Å². The average molecular weight is 383 g/mol. The van der Waals surface area contributed by atoms with Gasteiger partial charge in [0.05, 0.1) is 5.75 Å².